The highest BCUT2D eigenvalue weighted by molar-refractivity contribution is 6.06. The summed E-state index contributed by atoms with van der Waals surface area (Å²) in [6.45, 7) is 3.26. The minimum absolute atomic E-state index is 0.0101. The van der Waals surface area contributed by atoms with Crippen molar-refractivity contribution in [3.05, 3.63) is 136 Å². The number of fused-ring (bicyclic) bond motifs is 2. The summed E-state index contributed by atoms with van der Waals surface area (Å²) in [5.74, 6) is 3.45. The second-order valence-electron chi connectivity index (χ2n) is 19.2. The predicted octanol–water partition coefficient (Wildman–Crippen LogP) is 9.59. The largest absolute Gasteiger partial charge is 0.504 e. The van der Waals surface area contributed by atoms with Gasteiger partial charge in [0.1, 0.15) is 11.6 Å². The highest BCUT2D eigenvalue weighted by Gasteiger charge is 2.48. The van der Waals surface area contributed by atoms with Gasteiger partial charge in [-0.05, 0) is 182 Å². The number of phenols is 1. The molecule has 5 atom stereocenters. The predicted molar refractivity (Wildman–Crippen MR) is 254 cm³/mol. The highest BCUT2D eigenvalue weighted by Crippen LogP contribution is 2.53. The van der Waals surface area contributed by atoms with Crippen LogP contribution in [0.15, 0.2) is 97.2 Å². The first-order chi connectivity index (χ1) is 30.7. The summed E-state index contributed by atoms with van der Waals surface area (Å²) in [5.41, 5.74) is 14.1. The van der Waals surface area contributed by atoms with Gasteiger partial charge in [0.25, 0.3) is 0 Å². The molecule has 3 aromatic carbocycles. The first-order valence-corrected chi connectivity index (χ1v) is 23.8. The number of carbonyl (C=O) groups is 2. The summed E-state index contributed by atoms with van der Waals surface area (Å²) in [7, 11) is 1.51. The lowest BCUT2D eigenvalue weighted by Gasteiger charge is -2.52. The number of hydrogen-bond donors (Lipinski definition) is 4. The zero-order chi connectivity index (χ0) is 43.6. The number of phenolic OH excluding ortho intramolecular Hbond substituents is 1. The van der Waals surface area contributed by atoms with Crippen LogP contribution in [0.25, 0.3) is 6.08 Å². The SMILES string of the molecule is COc1cc(C=CC(=O)CC(=O)CCCC2(C[C@H]3[C@@H]4CCNC[C@H]4C[C@H]4C=CCN[C@@H]34)CCCC2)c(Cc2cnc(N)cc2CCc2cccc(CCc3ccccc3)c2)cc1O. The average Bonchev–Trinajstić information content (AvgIpc) is 3.76. The molecule has 3 fully saturated rings. The van der Waals surface area contributed by atoms with E-state index in [4.69, 9.17) is 10.5 Å². The standard InChI is InChI=1S/C55H68N4O4/c1-63-52-32-41(44(31-51(52)62)30-45-37-59-53(56)33-42(45)19-18-40-13-7-12-39(28-40)17-16-38-10-3-2-4-11-38)20-21-48(61)34-47(60)15-8-25-55(23-5-6-24-55)35-50-49-22-27-57-36-46(49)29-43-14-9-26-58-54(43)50/h2-4,7,9-14,20-21,28,31-33,37,43,46,49-50,54,57-58,62H,5-6,8,15-19,22-27,29-30,34-36H2,1H3,(H2,56,59)/t43-,46-,49-,50+,54-/m1/s1. The van der Waals surface area contributed by atoms with Crippen LogP contribution >= 0.6 is 0 Å². The minimum Gasteiger partial charge on any atom is -0.504 e. The van der Waals surface area contributed by atoms with Crippen molar-refractivity contribution in [1.82, 2.24) is 15.6 Å². The van der Waals surface area contributed by atoms with E-state index < -0.39 is 0 Å². The van der Waals surface area contributed by atoms with Crippen LogP contribution in [0.5, 0.6) is 11.5 Å². The third-order valence-electron chi connectivity index (χ3n) is 15.0. The van der Waals surface area contributed by atoms with Gasteiger partial charge in [0.2, 0.25) is 0 Å². The number of nitrogens with one attached hydrogen (secondary N) is 2. The van der Waals surface area contributed by atoms with Crippen molar-refractivity contribution < 1.29 is 19.4 Å². The molecule has 332 valence electrons. The van der Waals surface area contributed by atoms with Gasteiger partial charge in [0.05, 0.1) is 13.5 Å². The molecule has 0 unspecified atom stereocenters. The molecular formula is C55H68N4O4. The number of rotatable bonds is 19. The number of nitrogens with zero attached hydrogens (tertiary/aromatic N) is 1. The molecule has 3 heterocycles. The number of ether oxygens (including phenoxy) is 1. The monoisotopic (exact) mass is 849 g/mol. The molecule has 8 rings (SSSR count). The zero-order valence-electron chi connectivity index (χ0n) is 37.3. The molecule has 8 heteroatoms. The second kappa shape index (κ2) is 21.1. The van der Waals surface area contributed by atoms with Gasteiger partial charge in [-0.15, -0.1) is 0 Å². The van der Waals surface area contributed by atoms with E-state index >= 15 is 0 Å². The number of aryl methyl sites for hydroxylation is 4. The number of allylic oxidation sites excluding steroid dienone is 1. The molecule has 2 aliphatic heterocycles. The van der Waals surface area contributed by atoms with Gasteiger partial charge in [-0.25, -0.2) is 4.98 Å². The topological polar surface area (TPSA) is 127 Å². The number of Topliss-reactive ketones (excluding diaryl/α,β-unsaturated/α-hetero) is 1. The van der Waals surface area contributed by atoms with E-state index in [1.165, 1.54) is 74.8 Å². The van der Waals surface area contributed by atoms with Gasteiger partial charge >= 0.3 is 0 Å². The Hall–Kier alpha value is -5.05. The Labute approximate surface area is 375 Å². The van der Waals surface area contributed by atoms with Gasteiger partial charge in [-0.3, -0.25) is 9.59 Å². The van der Waals surface area contributed by atoms with Crippen molar-refractivity contribution in [3.8, 4) is 11.5 Å². The summed E-state index contributed by atoms with van der Waals surface area (Å²) in [6, 6.07) is 25.4. The van der Waals surface area contributed by atoms with Crippen molar-refractivity contribution in [1.29, 1.82) is 0 Å². The van der Waals surface area contributed by atoms with E-state index in [1.807, 2.05) is 12.3 Å². The molecule has 63 heavy (non-hydrogen) atoms. The van der Waals surface area contributed by atoms with E-state index in [0.29, 0.717) is 47.7 Å². The number of carbonyl (C=O) groups excluding carboxylic acids is 2. The lowest BCUT2D eigenvalue weighted by molar-refractivity contribution is -0.124. The molecule has 4 aliphatic rings. The summed E-state index contributed by atoms with van der Waals surface area (Å²) >= 11 is 0. The normalized spacial score (nSPS) is 22.7. The summed E-state index contributed by atoms with van der Waals surface area (Å²) in [5, 5.41) is 18.5. The van der Waals surface area contributed by atoms with Crippen LogP contribution in [-0.2, 0) is 41.7 Å². The Bertz CT molecular complexity index is 2240. The molecule has 0 bridgehead atoms. The number of aromatic nitrogens is 1. The van der Waals surface area contributed by atoms with Crippen LogP contribution in [0.1, 0.15) is 110 Å². The summed E-state index contributed by atoms with van der Waals surface area (Å²) < 4.78 is 5.47. The number of ketones is 2. The number of hydrogen-bond acceptors (Lipinski definition) is 8. The van der Waals surface area contributed by atoms with Crippen molar-refractivity contribution in [2.45, 2.75) is 109 Å². The van der Waals surface area contributed by atoms with Crippen LogP contribution in [0, 0.1) is 29.1 Å². The van der Waals surface area contributed by atoms with Gasteiger partial charge < -0.3 is 26.2 Å². The smallest absolute Gasteiger partial charge is 0.163 e. The van der Waals surface area contributed by atoms with Crippen molar-refractivity contribution >= 4 is 23.5 Å². The highest BCUT2D eigenvalue weighted by atomic mass is 16.5. The molecule has 4 aromatic rings. The Morgan fingerprint density at radius 3 is 2.52 bits per heavy atom. The van der Waals surface area contributed by atoms with Crippen LogP contribution < -0.4 is 21.1 Å². The van der Waals surface area contributed by atoms with E-state index in [2.05, 4.69) is 82.4 Å². The van der Waals surface area contributed by atoms with Crippen LogP contribution in [0.3, 0.4) is 0 Å². The molecule has 0 radical (unpaired) electrons. The van der Waals surface area contributed by atoms with E-state index in [-0.39, 0.29) is 23.7 Å². The maximum absolute atomic E-state index is 13.4. The van der Waals surface area contributed by atoms with E-state index in [9.17, 15) is 14.7 Å². The lowest BCUT2D eigenvalue weighted by Crippen LogP contribution is -2.56. The van der Waals surface area contributed by atoms with E-state index in [1.54, 1.807) is 18.2 Å². The quantitative estimate of drug-likeness (QED) is 0.0418. The average molecular weight is 849 g/mol. The van der Waals surface area contributed by atoms with Crippen LogP contribution in [0.4, 0.5) is 5.82 Å². The van der Waals surface area contributed by atoms with Crippen molar-refractivity contribution in [2.24, 2.45) is 29.1 Å². The Morgan fingerprint density at radius 2 is 1.71 bits per heavy atom. The molecule has 5 N–H and O–H groups in total. The van der Waals surface area contributed by atoms with Crippen molar-refractivity contribution in [3.63, 3.8) is 0 Å². The number of methoxy groups -OCH3 is 1. The number of nitrogens with two attached hydrogens (primary N) is 1. The van der Waals surface area contributed by atoms with Gasteiger partial charge in [0, 0.05) is 25.2 Å². The molecule has 0 amide bonds. The molecule has 8 nitrogen and oxygen atoms in total. The third kappa shape index (κ3) is 11.6. The molecule has 2 saturated carbocycles. The van der Waals surface area contributed by atoms with Gasteiger partial charge in [-0.1, -0.05) is 85.7 Å². The third-order valence-corrected chi connectivity index (χ3v) is 15.0. The molecule has 0 spiro atoms. The molecule has 1 aromatic heterocycles. The first kappa shape index (κ1) is 44.6. The number of aromatic hydroxyl groups is 1. The number of nitrogen functional groups attached to an aromatic ring is 1. The van der Waals surface area contributed by atoms with E-state index in [0.717, 1.165) is 92.2 Å². The van der Waals surface area contributed by atoms with Crippen LogP contribution in [0.2, 0.25) is 0 Å². The fourth-order valence-electron chi connectivity index (χ4n) is 11.8. The summed E-state index contributed by atoms with van der Waals surface area (Å²) in [6.07, 6.45) is 25.2. The first-order valence-electron chi connectivity index (χ1n) is 23.8. The lowest BCUT2D eigenvalue weighted by atomic mass is 9.57. The van der Waals surface area contributed by atoms with Gasteiger partial charge in [-0.2, -0.15) is 0 Å². The maximum atomic E-state index is 13.4. The fraction of sp³-hybridized carbons (Fsp3) is 0.473. The summed E-state index contributed by atoms with van der Waals surface area (Å²) in [4.78, 5) is 31.1. The number of anilines is 1. The fourth-order valence-corrected chi connectivity index (χ4v) is 11.8. The van der Waals surface area contributed by atoms with Crippen molar-refractivity contribution in [2.75, 3.05) is 32.5 Å². The molecular weight excluding hydrogens is 781 g/mol. The molecule has 1 saturated heterocycles. The second-order valence-corrected chi connectivity index (χ2v) is 19.2. The minimum atomic E-state index is -0.212. The number of benzene rings is 3. The number of pyridine rings is 1. The Morgan fingerprint density at radius 1 is 0.937 bits per heavy atom. The van der Waals surface area contributed by atoms with Crippen LogP contribution in [-0.4, -0.2) is 54.4 Å². The maximum Gasteiger partial charge on any atom is 0.163 e. The van der Waals surface area contributed by atoms with Gasteiger partial charge in [0.15, 0.2) is 17.3 Å². The Kier molecular flexibility index (Phi) is 14.9. The Balaban J connectivity index is 0.881. The molecule has 2 aliphatic carbocycles. The number of piperidine rings is 1. The zero-order valence-corrected chi connectivity index (χ0v) is 37.3.